The van der Waals surface area contributed by atoms with Crippen LogP contribution in [0.4, 0.5) is 0 Å². The minimum Gasteiger partial charge on any atom is -0.488 e. The molecule has 1 aliphatic heterocycles. The Balaban J connectivity index is 1.82. The highest BCUT2D eigenvalue weighted by Crippen LogP contribution is 2.41. The maximum absolute atomic E-state index is 6.01. The van der Waals surface area contributed by atoms with E-state index in [1.165, 1.54) is 5.56 Å². The van der Waals surface area contributed by atoms with Gasteiger partial charge in [0, 0.05) is 25.6 Å². The molecule has 0 atom stereocenters. The number of methoxy groups -OCH3 is 1. The number of fused-ring (bicyclic) bond motifs is 1. The SMILES string of the molecule is CCNC(=NCCOC)NCCOc1cccc2c1OC(C)(C)C2. The molecule has 6 nitrogen and oxygen atoms in total. The summed E-state index contributed by atoms with van der Waals surface area (Å²) < 4.78 is 16.9. The van der Waals surface area contributed by atoms with Gasteiger partial charge in [0.2, 0.25) is 0 Å². The number of ether oxygens (including phenoxy) is 3. The third-order valence-electron chi connectivity index (χ3n) is 3.62. The summed E-state index contributed by atoms with van der Waals surface area (Å²) in [6, 6.07) is 6.07. The van der Waals surface area contributed by atoms with Gasteiger partial charge in [-0.1, -0.05) is 12.1 Å². The van der Waals surface area contributed by atoms with Gasteiger partial charge < -0.3 is 24.8 Å². The summed E-state index contributed by atoms with van der Waals surface area (Å²) in [6.45, 7) is 9.47. The van der Waals surface area contributed by atoms with Gasteiger partial charge in [0.25, 0.3) is 0 Å². The lowest BCUT2D eigenvalue weighted by Crippen LogP contribution is -2.39. The van der Waals surface area contributed by atoms with Crippen molar-refractivity contribution in [3.05, 3.63) is 23.8 Å². The first-order chi connectivity index (χ1) is 11.6. The largest absolute Gasteiger partial charge is 0.488 e. The number of guanidine groups is 1. The van der Waals surface area contributed by atoms with E-state index in [1.807, 2.05) is 19.1 Å². The molecule has 2 rings (SSSR count). The van der Waals surface area contributed by atoms with Crippen LogP contribution in [0.15, 0.2) is 23.2 Å². The van der Waals surface area contributed by atoms with Crippen molar-refractivity contribution in [2.24, 2.45) is 4.99 Å². The summed E-state index contributed by atoms with van der Waals surface area (Å²) in [6.07, 6.45) is 0.911. The molecule has 0 spiro atoms. The Morgan fingerprint density at radius 1 is 1.29 bits per heavy atom. The van der Waals surface area contributed by atoms with Gasteiger partial charge in [0.05, 0.1) is 19.7 Å². The summed E-state index contributed by atoms with van der Waals surface area (Å²) >= 11 is 0. The Hall–Kier alpha value is -1.95. The van der Waals surface area contributed by atoms with Crippen LogP contribution in [0.1, 0.15) is 26.3 Å². The van der Waals surface area contributed by atoms with E-state index in [2.05, 4.69) is 35.5 Å². The van der Waals surface area contributed by atoms with E-state index in [4.69, 9.17) is 14.2 Å². The standard InChI is InChI=1S/C18H29N3O3/c1-5-19-17(20-9-11-22-4)21-10-12-23-15-8-6-7-14-13-18(2,3)24-16(14)15/h6-8H,5,9-13H2,1-4H3,(H2,19,20,21). The molecule has 6 heteroatoms. The third-order valence-corrected chi connectivity index (χ3v) is 3.62. The molecule has 0 unspecified atom stereocenters. The Labute approximate surface area is 144 Å². The van der Waals surface area contributed by atoms with Gasteiger partial charge in [0.1, 0.15) is 12.2 Å². The van der Waals surface area contributed by atoms with Crippen molar-refractivity contribution in [2.75, 3.05) is 40.0 Å². The number of aliphatic imine (C=N–C) groups is 1. The first-order valence-electron chi connectivity index (χ1n) is 8.50. The predicted octanol–water partition coefficient (Wildman–Crippen LogP) is 1.98. The highest BCUT2D eigenvalue weighted by atomic mass is 16.5. The van der Waals surface area contributed by atoms with Crippen molar-refractivity contribution in [1.29, 1.82) is 0 Å². The van der Waals surface area contributed by atoms with E-state index in [0.29, 0.717) is 26.3 Å². The lowest BCUT2D eigenvalue weighted by atomic mass is 10.0. The van der Waals surface area contributed by atoms with Crippen molar-refractivity contribution < 1.29 is 14.2 Å². The van der Waals surface area contributed by atoms with Crippen molar-refractivity contribution in [3.63, 3.8) is 0 Å². The third kappa shape index (κ3) is 5.30. The fourth-order valence-corrected chi connectivity index (χ4v) is 2.62. The maximum atomic E-state index is 6.01. The quantitative estimate of drug-likeness (QED) is 0.432. The number of hydrogen-bond acceptors (Lipinski definition) is 4. The van der Waals surface area contributed by atoms with Crippen molar-refractivity contribution >= 4 is 5.96 Å². The van der Waals surface area contributed by atoms with Gasteiger partial charge in [-0.3, -0.25) is 4.99 Å². The minimum absolute atomic E-state index is 0.160. The second kappa shape index (κ2) is 8.78. The highest BCUT2D eigenvalue weighted by molar-refractivity contribution is 5.79. The lowest BCUT2D eigenvalue weighted by molar-refractivity contribution is 0.132. The average molecular weight is 335 g/mol. The van der Waals surface area contributed by atoms with Crippen LogP contribution in [0, 0.1) is 0 Å². The summed E-state index contributed by atoms with van der Waals surface area (Å²) in [4.78, 5) is 4.41. The molecule has 0 amide bonds. The second-order valence-electron chi connectivity index (χ2n) is 6.31. The molecule has 1 aromatic carbocycles. The first kappa shape index (κ1) is 18.4. The zero-order valence-corrected chi connectivity index (χ0v) is 15.1. The zero-order chi connectivity index (χ0) is 17.4. The molecule has 1 aromatic rings. The number of nitrogens with one attached hydrogen (secondary N) is 2. The molecule has 0 fully saturated rings. The van der Waals surface area contributed by atoms with Gasteiger partial charge in [-0.25, -0.2) is 0 Å². The van der Waals surface area contributed by atoms with Gasteiger partial charge in [-0.2, -0.15) is 0 Å². The van der Waals surface area contributed by atoms with E-state index < -0.39 is 0 Å². The lowest BCUT2D eigenvalue weighted by Gasteiger charge is -2.18. The molecule has 134 valence electrons. The molecular formula is C18H29N3O3. The molecule has 1 aliphatic rings. The fraction of sp³-hybridized carbons (Fsp3) is 0.611. The molecule has 0 saturated heterocycles. The Morgan fingerprint density at radius 3 is 2.88 bits per heavy atom. The molecule has 0 radical (unpaired) electrons. The zero-order valence-electron chi connectivity index (χ0n) is 15.1. The summed E-state index contributed by atoms with van der Waals surface area (Å²) in [5.74, 6) is 2.46. The van der Waals surface area contributed by atoms with E-state index in [-0.39, 0.29) is 5.60 Å². The molecule has 1 heterocycles. The van der Waals surface area contributed by atoms with Gasteiger partial charge in [-0.15, -0.1) is 0 Å². The van der Waals surface area contributed by atoms with Gasteiger partial charge in [-0.05, 0) is 26.8 Å². The van der Waals surface area contributed by atoms with Crippen molar-refractivity contribution in [3.8, 4) is 11.5 Å². The molecule has 0 saturated carbocycles. The second-order valence-corrected chi connectivity index (χ2v) is 6.31. The highest BCUT2D eigenvalue weighted by Gasteiger charge is 2.32. The fourth-order valence-electron chi connectivity index (χ4n) is 2.62. The van der Waals surface area contributed by atoms with Crippen LogP contribution in [0.2, 0.25) is 0 Å². The van der Waals surface area contributed by atoms with Crippen LogP contribution in [0.25, 0.3) is 0 Å². The van der Waals surface area contributed by atoms with E-state index in [9.17, 15) is 0 Å². The molecule has 24 heavy (non-hydrogen) atoms. The number of rotatable bonds is 8. The summed E-state index contributed by atoms with van der Waals surface area (Å²) in [5.41, 5.74) is 1.05. The van der Waals surface area contributed by atoms with Gasteiger partial charge in [0.15, 0.2) is 17.5 Å². The molecule has 2 N–H and O–H groups in total. The number of benzene rings is 1. The Morgan fingerprint density at radius 2 is 2.12 bits per heavy atom. The normalized spacial score (nSPS) is 15.6. The monoisotopic (exact) mass is 335 g/mol. The number of hydrogen-bond donors (Lipinski definition) is 2. The van der Waals surface area contributed by atoms with Crippen LogP contribution in [-0.4, -0.2) is 51.5 Å². The van der Waals surface area contributed by atoms with Crippen LogP contribution in [-0.2, 0) is 11.2 Å². The summed E-state index contributed by atoms with van der Waals surface area (Å²) in [7, 11) is 1.67. The molecule has 0 aromatic heterocycles. The molecular weight excluding hydrogens is 306 g/mol. The van der Waals surface area contributed by atoms with E-state index in [1.54, 1.807) is 7.11 Å². The van der Waals surface area contributed by atoms with Crippen molar-refractivity contribution in [1.82, 2.24) is 10.6 Å². The van der Waals surface area contributed by atoms with Crippen molar-refractivity contribution in [2.45, 2.75) is 32.8 Å². The van der Waals surface area contributed by atoms with Gasteiger partial charge >= 0.3 is 0 Å². The molecule has 0 bridgehead atoms. The smallest absolute Gasteiger partial charge is 0.191 e. The maximum Gasteiger partial charge on any atom is 0.191 e. The van der Waals surface area contributed by atoms with E-state index >= 15 is 0 Å². The van der Waals surface area contributed by atoms with Crippen LogP contribution < -0.4 is 20.1 Å². The first-order valence-corrected chi connectivity index (χ1v) is 8.50. The number of para-hydroxylation sites is 1. The summed E-state index contributed by atoms with van der Waals surface area (Å²) in [5, 5.41) is 6.45. The Bertz CT molecular complexity index is 558. The predicted molar refractivity (Wildman–Crippen MR) is 96.2 cm³/mol. The van der Waals surface area contributed by atoms with Crippen LogP contribution >= 0.6 is 0 Å². The van der Waals surface area contributed by atoms with E-state index in [0.717, 1.165) is 30.4 Å². The molecule has 0 aliphatic carbocycles. The van der Waals surface area contributed by atoms with Crippen LogP contribution in [0.3, 0.4) is 0 Å². The topological polar surface area (TPSA) is 64.1 Å². The average Bonchev–Trinajstić information content (AvgIpc) is 2.86. The van der Waals surface area contributed by atoms with Crippen LogP contribution in [0.5, 0.6) is 11.5 Å². The number of nitrogens with zero attached hydrogens (tertiary/aromatic N) is 1. The Kier molecular flexibility index (Phi) is 6.73. The minimum atomic E-state index is -0.160.